The Morgan fingerprint density at radius 1 is 1.25 bits per heavy atom. The monoisotopic (exact) mass is 255 g/mol. The number of nitrogens with two attached hydrogens (primary N) is 1. The molecule has 16 heavy (non-hydrogen) atoms. The molecule has 0 saturated heterocycles. The van der Waals surface area contributed by atoms with Gasteiger partial charge in [-0.1, -0.05) is 18.2 Å². The number of phenolic OH excluding ortho intramolecular Hbond substituents is 1. The molecular formula is C10H13ClF3NO. The van der Waals surface area contributed by atoms with Gasteiger partial charge in [0.1, 0.15) is 5.75 Å². The average molecular weight is 256 g/mol. The Balaban J connectivity index is 0.00000225. The van der Waals surface area contributed by atoms with Crippen molar-refractivity contribution in [1.82, 2.24) is 0 Å². The maximum Gasteiger partial charge on any atom is 0.389 e. The second-order valence-electron chi connectivity index (χ2n) is 3.32. The van der Waals surface area contributed by atoms with E-state index in [1.165, 1.54) is 12.1 Å². The Kier molecular flexibility index (Phi) is 5.61. The van der Waals surface area contributed by atoms with Crippen LogP contribution in [0.15, 0.2) is 24.3 Å². The van der Waals surface area contributed by atoms with Gasteiger partial charge in [-0.25, -0.2) is 0 Å². The number of hydrogen-bond acceptors (Lipinski definition) is 2. The zero-order valence-corrected chi connectivity index (χ0v) is 9.18. The van der Waals surface area contributed by atoms with Crippen LogP contribution in [0.3, 0.4) is 0 Å². The van der Waals surface area contributed by atoms with Crippen LogP contribution in [0.5, 0.6) is 5.75 Å². The van der Waals surface area contributed by atoms with Crippen molar-refractivity contribution in [2.24, 2.45) is 5.73 Å². The van der Waals surface area contributed by atoms with Gasteiger partial charge >= 0.3 is 6.18 Å². The number of benzene rings is 1. The minimum Gasteiger partial charge on any atom is -0.508 e. The molecule has 0 aliphatic carbocycles. The van der Waals surface area contributed by atoms with Crippen molar-refractivity contribution < 1.29 is 18.3 Å². The average Bonchev–Trinajstić information content (AvgIpc) is 2.14. The Bertz CT molecular complexity index is 330. The van der Waals surface area contributed by atoms with Crippen molar-refractivity contribution in [2.75, 3.05) is 0 Å². The predicted octanol–water partition coefficient (Wildman–Crippen LogP) is 3.16. The van der Waals surface area contributed by atoms with E-state index in [1.807, 2.05) is 0 Å². The van der Waals surface area contributed by atoms with Gasteiger partial charge in [0.2, 0.25) is 0 Å². The highest BCUT2D eigenvalue weighted by molar-refractivity contribution is 5.85. The van der Waals surface area contributed by atoms with Crippen molar-refractivity contribution in [3.05, 3.63) is 29.8 Å². The Morgan fingerprint density at radius 3 is 2.31 bits per heavy atom. The molecule has 0 saturated carbocycles. The third kappa shape index (κ3) is 4.72. The summed E-state index contributed by atoms with van der Waals surface area (Å²) in [6.45, 7) is 0. The van der Waals surface area contributed by atoms with E-state index in [4.69, 9.17) is 5.73 Å². The SMILES string of the molecule is Cl.N[C@@H](CCC(F)(F)F)c1ccccc1O. The minimum atomic E-state index is -4.21. The minimum absolute atomic E-state index is 0. The molecule has 0 amide bonds. The summed E-state index contributed by atoms with van der Waals surface area (Å²) in [7, 11) is 0. The lowest BCUT2D eigenvalue weighted by Crippen LogP contribution is -2.15. The van der Waals surface area contributed by atoms with Gasteiger partial charge in [-0.05, 0) is 12.5 Å². The molecule has 0 aromatic heterocycles. The van der Waals surface area contributed by atoms with E-state index < -0.39 is 18.6 Å². The maximum atomic E-state index is 11.9. The number of aromatic hydroxyl groups is 1. The van der Waals surface area contributed by atoms with Gasteiger partial charge in [0.05, 0.1) is 0 Å². The first kappa shape index (κ1) is 15.1. The number of alkyl halides is 3. The molecule has 6 heteroatoms. The van der Waals surface area contributed by atoms with Gasteiger partial charge in [0, 0.05) is 18.0 Å². The number of phenols is 1. The lowest BCUT2D eigenvalue weighted by Gasteiger charge is -2.14. The van der Waals surface area contributed by atoms with Crippen molar-refractivity contribution in [3.63, 3.8) is 0 Å². The van der Waals surface area contributed by atoms with E-state index in [-0.39, 0.29) is 24.6 Å². The molecule has 1 aromatic rings. The van der Waals surface area contributed by atoms with Gasteiger partial charge in [0.15, 0.2) is 0 Å². The molecule has 2 nitrogen and oxygen atoms in total. The predicted molar refractivity (Wildman–Crippen MR) is 57.6 cm³/mol. The second-order valence-corrected chi connectivity index (χ2v) is 3.32. The first-order valence-electron chi connectivity index (χ1n) is 4.50. The van der Waals surface area contributed by atoms with Crippen LogP contribution in [-0.2, 0) is 0 Å². The Hall–Kier alpha value is -0.940. The normalized spacial score (nSPS) is 13.0. The summed E-state index contributed by atoms with van der Waals surface area (Å²) in [5.74, 6) is -0.0628. The third-order valence-electron chi connectivity index (χ3n) is 2.08. The fourth-order valence-corrected chi connectivity index (χ4v) is 1.28. The molecule has 0 bridgehead atoms. The van der Waals surface area contributed by atoms with Crippen LogP contribution in [0.2, 0.25) is 0 Å². The van der Waals surface area contributed by atoms with Crippen molar-refractivity contribution in [3.8, 4) is 5.75 Å². The highest BCUT2D eigenvalue weighted by Gasteiger charge is 2.28. The molecule has 1 rings (SSSR count). The highest BCUT2D eigenvalue weighted by Crippen LogP contribution is 2.29. The molecule has 0 fully saturated rings. The zero-order valence-electron chi connectivity index (χ0n) is 8.37. The van der Waals surface area contributed by atoms with Gasteiger partial charge in [0.25, 0.3) is 0 Å². The van der Waals surface area contributed by atoms with Crippen LogP contribution in [0.4, 0.5) is 13.2 Å². The van der Waals surface area contributed by atoms with E-state index in [2.05, 4.69) is 0 Å². The summed E-state index contributed by atoms with van der Waals surface area (Å²) < 4.78 is 35.7. The summed E-state index contributed by atoms with van der Waals surface area (Å²) in [5, 5.41) is 9.35. The van der Waals surface area contributed by atoms with Crippen LogP contribution in [0.1, 0.15) is 24.4 Å². The van der Waals surface area contributed by atoms with Crippen LogP contribution < -0.4 is 5.73 Å². The maximum absolute atomic E-state index is 11.9. The lowest BCUT2D eigenvalue weighted by atomic mass is 10.0. The lowest BCUT2D eigenvalue weighted by molar-refractivity contribution is -0.136. The van der Waals surface area contributed by atoms with Crippen molar-refractivity contribution in [1.29, 1.82) is 0 Å². The van der Waals surface area contributed by atoms with E-state index >= 15 is 0 Å². The number of para-hydroxylation sites is 1. The third-order valence-corrected chi connectivity index (χ3v) is 2.08. The van der Waals surface area contributed by atoms with E-state index in [0.717, 1.165) is 0 Å². The smallest absolute Gasteiger partial charge is 0.389 e. The Morgan fingerprint density at radius 2 is 1.81 bits per heavy atom. The molecule has 1 atom stereocenters. The van der Waals surface area contributed by atoms with Crippen LogP contribution in [0, 0.1) is 0 Å². The molecule has 0 heterocycles. The number of rotatable bonds is 3. The van der Waals surface area contributed by atoms with Gasteiger partial charge < -0.3 is 10.8 Å². The standard InChI is InChI=1S/C10H12F3NO.ClH/c11-10(12,13)6-5-8(14)7-3-1-2-4-9(7)15;/h1-4,8,15H,5-6,14H2;1H/t8-;/m0./s1. The quantitative estimate of drug-likeness (QED) is 0.872. The Labute approximate surface area is 97.7 Å². The van der Waals surface area contributed by atoms with Crippen molar-refractivity contribution >= 4 is 12.4 Å². The molecular weight excluding hydrogens is 243 g/mol. The zero-order chi connectivity index (χ0) is 11.5. The number of halogens is 4. The largest absolute Gasteiger partial charge is 0.508 e. The molecule has 0 aliphatic heterocycles. The van der Waals surface area contributed by atoms with E-state index in [0.29, 0.717) is 5.56 Å². The van der Waals surface area contributed by atoms with Crippen molar-refractivity contribution in [2.45, 2.75) is 25.1 Å². The summed E-state index contributed by atoms with van der Waals surface area (Å²) in [6, 6.07) is 5.37. The number of hydrogen-bond donors (Lipinski definition) is 2. The molecule has 92 valence electrons. The molecule has 3 N–H and O–H groups in total. The summed E-state index contributed by atoms with van der Waals surface area (Å²) in [5.41, 5.74) is 5.89. The first-order chi connectivity index (χ1) is 6.90. The summed E-state index contributed by atoms with van der Waals surface area (Å²) in [6.07, 6.45) is -5.37. The summed E-state index contributed by atoms with van der Waals surface area (Å²) in [4.78, 5) is 0. The van der Waals surface area contributed by atoms with Crippen LogP contribution in [-0.4, -0.2) is 11.3 Å². The van der Waals surface area contributed by atoms with Crippen LogP contribution >= 0.6 is 12.4 Å². The summed E-state index contributed by atoms with van der Waals surface area (Å²) >= 11 is 0. The second kappa shape index (κ2) is 5.96. The van der Waals surface area contributed by atoms with Crippen LogP contribution in [0.25, 0.3) is 0 Å². The first-order valence-corrected chi connectivity index (χ1v) is 4.50. The molecule has 0 radical (unpaired) electrons. The molecule has 0 aliphatic rings. The fourth-order valence-electron chi connectivity index (χ4n) is 1.28. The topological polar surface area (TPSA) is 46.2 Å². The van der Waals surface area contributed by atoms with E-state index in [1.54, 1.807) is 12.1 Å². The highest BCUT2D eigenvalue weighted by atomic mass is 35.5. The molecule has 0 spiro atoms. The van der Waals surface area contributed by atoms with Gasteiger partial charge in [-0.2, -0.15) is 13.2 Å². The molecule has 1 aromatic carbocycles. The van der Waals surface area contributed by atoms with E-state index in [9.17, 15) is 18.3 Å². The fraction of sp³-hybridized carbons (Fsp3) is 0.400. The van der Waals surface area contributed by atoms with Gasteiger partial charge in [-0.15, -0.1) is 12.4 Å². The van der Waals surface area contributed by atoms with Gasteiger partial charge in [-0.3, -0.25) is 0 Å². The molecule has 0 unspecified atom stereocenters.